The summed E-state index contributed by atoms with van der Waals surface area (Å²) >= 11 is 6.78. The number of halogens is 1. The average Bonchev–Trinajstić information content (AvgIpc) is 2.09. The second-order valence-electron chi connectivity index (χ2n) is 2.05. The highest BCUT2D eigenvalue weighted by Gasteiger charge is 2.08. The number of carbonyl (C=O) groups is 1. The summed E-state index contributed by atoms with van der Waals surface area (Å²) in [6, 6.07) is 0. The van der Waals surface area contributed by atoms with Crippen LogP contribution in [0.5, 0.6) is 0 Å². The van der Waals surface area contributed by atoms with E-state index in [0.29, 0.717) is 10.2 Å². The molecule has 0 aliphatic rings. The minimum Gasteiger partial charge on any atom is -0.481 e. The van der Waals surface area contributed by atoms with Crippen LogP contribution in [0.15, 0.2) is 0 Å². The Bertz CT molecular complexity index is 284. The van der Waals surface area contributed by atoms with Crippen molar-refractivity contribution in [2.75, 3.05) is 0 Å². The van der Waals surface area contributed by atoms with Crippen molar-refractivity contribution in [2.24, 2.45) is 0 Å². The van der Waals surface area contributed by atoms with Crippen molar-refractivity contribution in [3.8, 4) is 0 Å². The SMILES string of the molecule is Cc1nc(Cl)sc1CC(=O)O. The molecule has 1 heterocycles. The summed E-state index contributed by atoms with van der Waals surface area (Å²) in [5.41, 5.74) is 0.711. The van der Waals surface area contributed by atoms with Gasteiger partial charge in [0.1, 0.15) is 0 Å². The van der Waals surface area contributed by atoms with Crippen LogP contribution < -0.4 is 0 Å². The molecule has 3 nitrogen and oxygen atoms in total. The van der Waals surface area contributed by atoms with E-state index >= 15 is 0 Å². The van der Waals surface area contributed by atoms with Gasteiger partial charge < -0.3 is 5.11 Å². The third-order valence-corrected chi connectivity index (χ3v) is 2.44. The fourth-order valence-corrected chi connectivity index (χ4v) is 1.87. The van der Waals surface area contributed by atoms with Gasteiger partial charge >= 0.3 is 5.97 Å². The van der Waals surface area contributed by atoms with Gasteiger partial charge in [0.05, 0.1) is 12.1 Å². The number of aliphatic carboxylic acids is 1. The van der Waals surface area contributed by atoms with Gasteiger partial charge in [0.2, 0.25) is 0 Å². The van der Waals surface area contributed by atoms with Gasteiger partial charge in [0.25, 0.3) is 0 Å². The van der Waals surface area contributed by atoms with Crippen LogP contribution in [0.4, 0.5) is 0 Å². The normalized spacial score (nSPS) is 10.0. The average molecular weight is 192 g/mol. The zero-order valence-electron chi connectivity index (χ0n) is 5.80. The summed E-state index contributed by atoms with van der Waals surface area (Å²) in [5, 5.41) is 8.44. The Morgan fingerprint density at radius 3 is 2.82 bits per heavy atom. The Hall–Kier alpha value is -0.610. The molecule has 60 valence electrons. The summed E-state index contributed by atoms with van der Waals surface area (Å²) in [6.07, 6.45) is 0.0101. The number of carboxylic acid groups (broad SMARTS) is 1. The maximum atomic E-state index is 10.3. The molecule has 0 radical (unpaired) electrons. The first kappa shape index (κ1) is 8.49. The van der Waals surface area contributed by atoms with Gasteiger partial charge in [0.15, 0.2) is 4.47 Å². The summed E-state index contributed by atoms with van der Waals surface area (Å²) in [6.45, 7) is 1.75. The molecule has 0 bridgehead atoms. The first-order chi connectivity index (χ1) is 5.09. The van der Waals surface area contributed by atoms with Crippen molar-refractivity contribution < 1.29 is 9.90 Å². The highest BCUT2D eigenvalue weighted by Crippen LogP contribution is 2.22. The Labute approximate surface area is 72.6 Å². The van der Waals surface area contributed by atoms with E-state index in [2.05, 4.69) is 4.98 Å². The predicted octanol–water partition coefficient (Wildman–Crippen LogP) is 1.73. The quantitative estimate of drug-likeness (QED) is 0.775. The van der Waals surface area contributed by atoms with E-state index < -0.39 is 5.97 Å². The number of aromatic nitrogens is 1. The lowest BCUT2D eigenvalue weighted by Gasteiger charge is -1.89. The van der Waals surface area contributed by atoms with Gasteiger partial charge in [-0.15, -0.1) is 11.3 Å². The third-order valence-electron chi connectivity index (χ3n) is 1.18. The zero-order chi connectivity index (χ0) is 8.43. The van der Waals surface area contributed by atoms with Crippen molar-refractivity contribution in [3.63, 3.8) is 0 Å². The monoisotopic (exact) mass is 191 g/mol. The van der Waals surface area contributed by atoms with Crippen LogP contribution in [0, 0.1) is 6.92 Å². The second-order valence-corrected chi connectivity index (χ2v) is 3.71. The summed E-state index contributed by atoms with van der Waals surface area (Å²) in [7, 11) is 0. The van der Waals surface area contributed by atoms with Crippen molar-refractivity contribution in [1.82, 2.24) is 4.98 Å². The number of hydrogen-bond donors (Lipinski definition) is 1. The van der Waals surface area contributed by atoms with Crippen LogP contribution in [0.25, 0.3) is 0 Å². The van der Waals surface area contributed by atoms with Crippen molar-refractivity contribution >= 4 is 28.9 Å². The number of nitrogens with zero attached hydrogens (tertiary/aromatic N) is 1. The maximum Gasteiger partial charge on any atom is 0.308 e. The number of aryl methyl sites for hydroxylation is 1. The molecule has 0 aliphatic heterocycles. The molecule has 0 fully saturated rings. The number of thiazole rings is 1. The van der Waals surface area contributed by atoms with E-state index in [1.807, 2.05) is 0 Å². The Morgan fingerprint density at radius 2 is 2.45 bits per heavy atom. The molecule has 11 heavy (non-hydrogen) atoms. The molecule has 1 N–H and O–H groups in total. The molecule has 0 amide bonds. The molecule has 0 atom stereocenters. The molecule has 1 aromatic rings. The number of rotatable bonds is 2. The number of hydrogen-bond acceptors (Lipinski definition) is 3. The third kappa shape index (κ3) is 2.17. The minimum atomic E-state index is -0.853. The molecule has 1 rings (SSSR count). The molecule has 0 saturated heterocycles. The Morgan fingerprint density at radius 1 is 1.82 bits per heavy atom. The smallest absolute Gasteiger partial charge is 0.308 e. The molecule has 0 unspecified atom stereocenters. The van der Waals surface area contributed by atoms with Crippen LogP contribution in [-0.4, -0.2) is 16.1 Å². The molecule has 0 aliphatic carbocycles. The molecule has 5 heteroatoms. The lowest BCUT2D eigenvalue weighted by molar-refractivity contribution is -0.136. The van der Waals surface area contributed by atoms with Crippen LogP contribution in [0.1, 0.15) is 10.6 Å². The molecule has 0 spiro atoms. The predicted molar refractivity (Wildman–Crippen MR) is 43.2 cm³/mol. The summed E-state index contributed by atoms with van der Waals surface area (Å²) in [5.74, 6) is -0.853. The lowest BCUT2D eigenvalue weighted by atomic mass is 10.3. The van der Waals surface area contributed by atoms with E-state index in [0.717, 1.165) is 4.88 Å². The first-order valence-corrected chi connectivity index (χ1v) is 4.12. The lowest BCUT2D eigenvalue weighted by Crippen LogP contribution is -1.99. The van der Waals surface area contributed by atoms with Gasteiger partial charge in [-0.1, -0.05) is 11.6 Å². The van der Waals surface area contributed by atoms with E-state index in [4.69, 9.17) is 16.7 Å². The molecular weight excluding hydrogens is 186 g/mol. The van der Waals surface area contributed by atoms with Gasteiger partial charge in [-0.3, -0.25) is 4.79 Å². The van der Waals surface area contributed by atoms with Gasteiger partial charge in [-0.2, -0.15) is 0 Å². The molecule has 0 aromatic carbocycles. The van der Waals surface area contributed by atoms with Crippen molar-refractivity contribution in [3.05, 3.63) is 15.0 Å². The van der Waals surface area contributed by atoms with E-state index in [-0.39, 0.29) is 6.42 Å². The van der Waals surface area contributed by atoms with Gasteiger partial charge in [-0.25, -0.2) is 4.98 Å². The van der Waals surface area contributed by atoms with Crippen LogP contribution >= 0.6 is 22.9 Å². The van der Waals surface area contributed by atoms with E-state index in [1.54, 1.807) is 6.92 Å². The second kappa shape index (κ2) is 3.19. The van der Waals surface area contributed by atoms with Crippen LogP contribution in [-0.2, 0) is 11.2 Å². The maximum absolute atomic E-state index is 10.3. The minimum absolute atomic E-state index is 0.0101. The first-order valence-electron chi connectivity index (χ1n) is 2.93. The highest BCUT2D eigenvalue weighted by molar-refractivity contribution is 7.15. The number of carboxylic acids is 1. The fraction of sp³-hybridized carbons (Fsp3) is 0.333. The fourth-order valence-electron chi connectivity index (χ4n) is 0.694. The summed E-state index contributed by atoms with van der Waals surface area (Å²) < 4.78 is 0.402. The Balaban J connectivity index is 2.85. The van der Waals surface area contributed by atoms with E-state index in [1.165, 1.54) is 11.3 Å². The molecule has 1 aromatic heterocycles. The molecule has 0 saturated carbocycles. The van der Waals surface area contributed by atoms with Crippen molar-refractivity contribution in [1.29, 1.82) is 0 Å². The van der Waals surface area contributed by atoms with Crippen LogP contribution in [0.2, 0.25) is 4.47 Å². The van der Waals surface area contributed by atoms with Crippen LogP contribution in [0.3, 0.4) is 0 Å². The Kier molecular flexibility index (Phi) is 2.46. The summed E-state index contributed by atoms with van der Waals surface area (Å²) in [4.78, 5) is 14.9. The molecular formula is C6H6ClNO2S. The van der Waals surface area contributed by atoms with Gasteiger partial charge in [-0.05, 0) is 6.92 Å². The standard InChI is InChI=1S/C6H6ClNO2S/c1-3-4(2-5(9)10)11-6(7)8-3/h2H2,1H3,(H,9,10). The largest absolute Gasteiger partial charge is 0.481 e. The van der Waals surface area contributed by atoms with Gasteiger partial charge in [0, 0.05) is 4.88 Å². The van der Waals surface area contributed by atoms with Crippen molar-refractivity contribution in [2.45, 2.75) is 13.3 Å². The topological polar surface area (TPSA) is 50.2 Å². The zero-order valence-corrected chi connectivity index (χ0v) is 7.37. The van der Waals surface area contributed by atoms with E-state index in [9.17, 15) is 4.79 Å². The highest BCUT2D eigenvalue weighted by atomic mass is 35.5.